The summed E-state index contributed by atoms with van der Waals surface area (Å²) in [6.45, 7) is 0.666. The van der Waals surface area contributed by atoms with E-state index in [4.69, 9.17) is 5.26 Å². The standard InChI is InChI=1S/C11H10N4OS/c1-15(7-9-3-2-4-17-9)10-5-8(6-12)13-11(16)14-10/h2-5H,7H2,1H3,(H,13,14,16). The molecule has 6 heteroatoms. The highest BCUT2D eigenvalue weighted by molar-refractivity contribution is 7.09. The van der Waals surface area contributed by atoms with Crippen LogP contribution in [0.2, 0.25) is 0 Å². The number of aromatic nitrogens is 2. The van der Waals surface area contributed by atoms with E-state index in [1.54, 1.807) is 17.4 Å². The smallest absolute Gasteiger partial charge is 0.347 e. The first-order chi connectivity index (χ1) is 8.19. The van der Waals surface area contributed by atoms with Crippen molar-refractivity contribution in [3.8, 4) is 6.07 Å². The number of H-pyrrole nitrogens is 1. The van der Waals surface area contributed by atoms with Crippen LogP contribution in [-0.4, -0.2) is 17.0 Å². The van der Waals surface area contributed by atoms with Gasteiger partial charge >= 0.3 is 5.69 Å². The Hall–Kier alpha value is -2.13. The highest BCUT2D eigenvalue weighted by Gasteiger charge is 2.07. The van der Waals surface area contributed by atoms with Crippen molar-refractivity contribution in [2.75, 3.05) is 11.9 Å². The molecular formula is C11H10N4OS. The van der Waals surface area contributed by atoms with E-state index in [-0.39, 0.29) is 5.69 Å². The van der Waals surface area contributed by atoms with Crippen LogP contribution >= 0.6 is 11.3 Å². The monoisotopic (exact) mass is 246 g/mol. The second-order valence-corrected chi connectivity index (χ2v) is 4.54. The molecule has 0 bridgehead atoms. The van der Waals surface area contributed by atoms with Gasteiger partial charge in [0, 0.05) is 18.0 Å². The molecule has 2 heterocycles. The lowest BCUT2D eigenvalue weighted by atomic mass is 10.4. The summed E-state index contributed by atoms with van der Waals surface area (Å²) in [5.74, 6) is 0.499. The minimum absolute atomic E-state index is 0.220. The molecule has 0 aliphatic rings. The molecule has 0 saturated heterocycles. The van der Waals surface area contributed by atoms with Crippen molar-refractivity contribution in [3.63, 3.8) is 0 Å². The third-order valence-corrected chi connectivity index (χ3v) is 3.08. The molecule has 0 spiro atoms. The number of nitrogens with one attached hydrogen (secondary N) is 1. The van der Waals surface area contributed by atoms with Crippen molar-refractivity contribution in [2.45, 2.75) is 6.54 Å². The minimum atomic E-state index is -0.503. The summed E-state index contributed by atoms with van der Waals surface area (Å²) < 4.78 is 0. The molecule has 1 N–H and O–H groups in total. The van der Waals surface area contributed by atoms with Gasteiger partial charge in [-0.2, -0.15) is 10.2 Å². The third-order valence-electron chi connectivity index (χ3n) is 2.22. The maximum absolute atomic E-state index is 11.2. The molecule has 0 fully saturated rings. The van der Waals surface area contributed by atoms with Gasteiger partial charge in [-0.1, -0.05) is 6.07 Å². The largest absolute Gasteiger partial charge is 0.354 e. The number of aromatic amines is 1. The first kappa shape index (κ1) is 11.4. The lowest BCUT2D eigenvalue weighted by molar-refractivity contribution is 0.889. The number of rotatable bonds is 3. The average molecular weight is 246 g/mol. The summed E-state index contributed by atoms with van der Waals surface area (Å²) in [6.07, 6.45) is 0. The maximum Gasteiger partial charge on any atom is 0.347 e. The molecule has 2 aromatic heterocycles. The molecule has 0 aromatic carbocycles. The van der Waals surface area contributed by atoms with Crippen LogP contribution in [0.4, 0.5) is 5.82 Å². The van der Waals surface area contributed by atoms with Gasteiger partial charge in [-0.25, -0.2) is 4.79 Å². The van der Waals surface area contributed by atoms with Crippen LogP contribution in [0, 0.1) is 11.3 Å². The molecule has 0 aliphatic heterocycles. The van der Waals surface area contributed by atoms with Crippen LogP contribution in [0.1, 0.15) is 10.6 Å². The molecule has 0 atom stereocenters. The molecule has 0 saturated carbocycles. The number of nitrogens with zero attached hydrogens (tertiary/aromatic N) is 3. The Balaban J connectivity index is 2.25. The average Bonchev–Trinajstić information content (AvgIpc) is 2.81. The first-order valence-electron chi connectivity index (χ1n) is 4.94. The molecule has 0 radical (unpaired) electrons. The molecule has 5 nitrogen and oxygen atoms in total. The van der Waals surface area contributed by atoms with Crippen molar-refractivity contribution in [1.29, 1.82) is 5.26 Å². The Bertz CT molecular complexity index is 597. The zero-order valence-corrected chi connectivity index (χ0v) is 9.99. The van der Waals surface area contributed by atoms with E-state index in [1.807, 2.05) is 35.5 Å². The highest BCUT2D eigenvalue weighted by Crippen LogP contribution is 2.15. The quantitative estimate of drug-likeness (QED) is 0.887. The van der Waals surface area contributed by atoms with Gasteiger partial charge in [-0.05, 0) is 11.4 Å². The summed E-state index contributed by atoms with van der Waals surface area (Å²) in [6, 6.07) is 7.45. The summed E-state index contributed by atoms with van der Waals surface area (Å²) in [5.41, 5.74) is -0.282. The lowest BCUT2D eigenvalue weighted by Gasteiger charge is -2.16. The maximum atomic E-state index is 11.2. The van der Waals surface area contributed by atoms with E-state index >= 15 is 0 Å². The molecule has 2 aromatic rings. The molecule has 2 rings (SSSR count). The van der Waals surface area contributed by atoms with Gasteiger partial charge in [0.2, 0.25) is 0 Å². The molecule has 0 unspecified atom stereocenters. The molecule has 17 heavy (non-hydrogen) atoms. The van der Waals surface area contributed by atoms with Gasteiger partial charge in [0.15, 0.2) is 0 Å². The van der Waals surface area contributed by atoms with E-state index in [1.165, 1.54) is 4.88 Å². The van der Waals surface area contributed by atoms with Gasteiger partial charge < -0.3 is 4.90 Å². The Kier molecular flexibility index (Phi) is 3.21. The van der Waals surface area contributed by atoms with Crippen LogP contribution in [0.25, 0.3) is 0 Å². The van der Waals surface area contributed by atoms with Crippen molar-refractivity contribution in [1.82, 2.24) is 9.97 Å². The highest BCUT2D eigenvalue weighted by atomic mass is 32.1. The van der Waals surface area contributed by atoms with E-state index < -0.39 is 5.69 Å². The molecular weight excluding hydrogens is 236 g/mol. The van der Waals surface area contributed by atoms with Crippen molar-refractivity contribution >= 4 is 17.2 Å². The van der Waals surface area contributed by atoms with Gasteiger partial charge in [-0.15, -0.1) is 11.3 Å². The zero-order chi connectivity index (χ0) is 12.3. The lowest BCUT2D eigenvalue weighted by Crippen LogP contribution is -2.22. The minimum Gasteiger partial charge on any atom is -0.354 e. The topological polar surface area (TPSA) is 72.8 Å². The zero-order valence-electron chi connectivity index (χ0n) is 9.17. The SMILES string of the molecule is CN(Cc1cccs1)c1cc(C#N)[nH]c(=O)n1. The van der Waals surface area contributed by atoms with Crippen molar-refractivity contribution in [2.24, 2.45) is 0 Å². The van der Waals surface area contributed by atoms with E-state index in [2.05, 4.69) is 9.97 Å². The fraction of sp³-hybridized carbons (Fsp3) is 0.182. The molecule has 0 amide bonds. The van der Waals surface area contributed by atoms with Crippen LogP contribution < -0.4 is 10.6 Å². The fourth-order valence-corrected chi connectivity index (χ4v) is 2.17. The number of hydrogen-bond acceptors (Lipinski definition) is 5. The summed E-state index contributed by atoms with van der Waals surface area (Å²) in [5, 5.41) is 10.8. The van der Waals surface area contributed by atoms with Gasteiger partial charge in [0.05, 0.1) is 6.54 Å². The van der Waals surface area contributed by atoms with Crippen LogP contribution in [0.5, 0.6) is 0 Å². The number of anilines is 1. The second kappa shape index (κ2) is 4.80. The van der Waals surface area contributed by atoms with Crippen LogP contribution in [0.3, 0.4) is 0 Å². The van der Waals surface area contributed by atoms with Gasteiger partial charge in [0.1, 0.15) is 17.6 Å². The van der Waals surface area contributed by atoms with Crippen molar-refractivity contribution in [3.05, 3.63) is 44.6 Å². The van der Waals surface area contributed by atoms with Crippen LogP contribution in [0.15, 0.2) is 28.4 Å². The van der Waals surface area contributed by atoms with E-state index in [0.717, 1.165) is 0 Å². The van der Waals surface area contributed by atoms with E-state index in [9.17, 15) is 4.79 Å². The molecule has 0 aliphatic carbocycles. The normalized spacial score (nSPS) is 9.88. The first-order valence-corrected chi connectivity index (χ1v) is 5.82. The fourth-order valence-electron chi connectivity index (χ4n) is 1.42. The summed E-state index contributed by atoms with van der Waals surface area (Å²) in [4.78, 5) is 20.4. The third kappa shape index (κ3) is 2.71. The predicted molar refractivity (Wildman–Crippen MR) is 66.0 cm³/mol. The molecule has 86 valence electrons. The number of thiophene rings is 1. The Morgan fingerprint density at radius 3 is 3.12 bits per heavy atom. The van der Waals surface area contributed by atoms with Crippen molar-refractivity contribution < 1.29 is 0 Å². The Labute approximate surface area is 102 Å². The van der Waals surface area contributed by atoms with Gasteiger partial charge in [0.25, 0.3) is 0 Å². The number of nitriles is 1. The summed E-state index contributed by atoms with van der Waals surface area (Å²) >= 11 is 1.64. The number of hydrogen-bond donors (Lipinski definition) is 1. The Morgan fingerprint density at radius 1 is 1.65 bits per heavy atom. The predicted octanol–water partition coefficient (Wildman–Crippen LogP) is 1.34. The summed E-state index contributed by atoms with van der Waals surface area (Å²) in [7, 11) is 1.84. The van der Waals surface area contributed by atoms with E-state index in [0.29, 0.717) is 12.4 Å². The van der Waals surface area contributed by atoms with Gasteiger partial charge in [-0.3, -0.25) is 4.98 Å². The Morgan fingerprint density at radius 2 is 2.47 bits per heavy atom. The van der Waals surface area contributed by atoms with Crippen LogP contribution in [-0.2, 0) is 6.54 Å². The second-order valence-electron chi connectivity index (χ2n) is 3.51.